The number of anilines is 4. The maximum absolute atomic E-state index is 12.3. The summed E-state index contributed by atoms with van der Waals surface area (Å²) in [5, 5.41) is 16.8. The van der Waals surface area contributed by atoms with Gasteiger partial charge in [-0.05, 0) is 44.4 Å². The molecular weight excluding hydrogens is 484 g/mol. The molecule has 38 heavy (non-hydrogen) atoms. The Morgan fingerprint density at radius 2 is 2.00 bits per heavy atom. The maximum atomic E-state index is 12.3. The second-order valence-corrected chi connectivity index (χ2v) is 8.91. The van der Waals surface area contributed by atoms with Crippen molar-refractivity contribution in [3.63, 3.8) is 0 Å². The summed E-state index contributed by atoms with van der Waals surface area (Å²) in [6.45, 7) is 4.89. The third-order valence-corrected chi connectivity index (χ3v) is 6.01. The first kappa shape index (κ1) is 26.6. The van der Waals surface area contributed by atoms with Crippen molar-refractivity contribution in [3.8, 4) is 17.0 Å². The van der Waals surface area contributed by atoms with Gasteiger partial charge in [-0.3, -0.25) is 9.78 Å². The van der Waals surface area contributed by atoms with Gasteiger partial charge >= 0.3 is 0 Å². The highest BCUT2D eigenvalue weighted by atomic mass is 16.5. The number of rotatable bonds is 11. The zero-order valence-corrected chi connectivity index (χ0v) is 22.0. The van der Waals surface area contributed by atoms with Crippen LogP contribution in [0.2, 0.25) is 0 Å². The zero-order chi connectivity index (χ0) is 27.2. The Bertz CT molecular complexity index is 1440. The van der Waals surface area contributed by atoms with E-state index in [0.29, 0.717) is 28.5 Å². The third kappa shape index (κ3) is 5.74. The lowest BCUT2D eigenvalue weighted by molar-refractivity contribution is -0.111. The van der Waals surface area contributed by atoms with Gasteiger partial charge in [0, 0.05) is 55.7 Å². The van der Waals surface area contributed by atoms with Crippen molar-refractivity contribution in [2.24, 2.45) is 0 Å². The number of nitrogens with one attached hydrogen (secondary N) is 2. The van der Waals surface area contributed by atoms with Gasteiger partial charge in [0.15, 0.2) is 0 Å². The number of hydrogen-bond acceptors (Lipinski definition) is 9. The topological polar surface area (TPSA) is 121 Å². The number of fused-ring (bicyclic) bond motifs is 1. The zero-order valence-electron chi connectivity index (χ0n) is 22.0. The van der Waals surface area contributed by atoms with Crippen LogP contribution < -0.4 is 20.3 Å². The number of aliphatic hydroxyl groups excluding tert-OH is 1. The first-order valence-corrected chi connectivity index (χ1v) is 12.0. The summed E-state index contributed by atoms with van der Waals surface area (Å²) in [5.74, 6) is 0.496. The normalized spacial score (nSPS) is 11.0. The van der Waals surface area contributed by atoms with Gasteiger partial charge in [-0.15, -0.1) is 0 Å². The van der Waals surface area contributed by atoms with E-state index in [2.05, 4.69) is 32.1 Å². The molecule has 0 bridgehead atoms. The van der Waals surface area contributed by atoms with Crippen molar-refractivity contribution in [2.75, 3.05) is 56.9 Å². The van der Waals surface area contributed by atoms with Gasteiger partial charge < -0.3 is 34.8 Å². The van der Waals surface area contributed by atoms with E-state index in [4.69, 9.17) is 9.72 Å². The number of carbonyl (C=O) groups is 1. The summed E-state index contributed by atoms with van der Waals surface area (Å²) in [6, 6.07) is 9.25. The van der Waals surface area contributed by atoms with Crippen molar-refractivity contribution in [1.82, 2.24) is 24.4 Å². The number of hydrogen-bond donors (Lipinski definition) is 3. The fourth-order valence-corrected chi connectivity index (χ4v) is 3.98. The largest absolute Gasteiger partial charge is 0.494 e. The molecule has 0 fully saturated rings. The molecule has 0 saturated carbocycles. The number of pyridine rings is 1. The monoisotopic (exact) mass is 516 g/mol. The Morgan fingerprint density at radius 3 is 2.66 bits per heavy atom. The van der Waals surface area contributed by atoms with Crippen LogP contribution in [0.1, 0.15) is 0 Å². The fourth-order valence-electron chi connectivity index (χ4n) is 3.98. The quantitative estimate of drug-likeness (QED) is 0.258. The number of methoxy groups -OCH3 is 1. The van der Waals surface area contributed by atoms with Crippen LogP contribution in [-0.2, 0) is 11.5 Å². The minimum atomic E-state index is -0.333. The molecular formula is C27H32N8O3. The Labute approximate surface area is 221 Å². The van der Waals surface area contributed by atoms with E-state index in [1.807, 2.05) is 50.3 Å². The molecule has 0 spiro atoms. The van der Waals surface area contributed by atoms with Crippen molar-refractivity contribution >= 4 is 40.0 Å². The van der Waals surface area contributed by atoms with E-state index < -0.39 is 0 Å². The van der Waals surface area contributed by atoms with E-state index in [-0.39, 0.29) is 18.6 Å². The predicted molar refractivity (Wildman–Crippen MR) is 150 cm³/mol. The van der Waals surface area contributed by atoms with E-state index in [9.17, 15) is 9.90 Å². The SMILES string of the molecule is C=CC(=O)Nc1cc(Nc2nc(-c3cccnc3)c3ccn(CO)c3n2)c(OC)cc1N(C)CCN(C)C. The van der Waals surface area contributed by atoms with Crippen molar-refractivity contribution in [3.05, 3.63) is 61.6 Å². The molecule has 0 unspecified atom stereocenters. The number of ether oxygens (including phenoxy) is 1. The van der Waals surface area contributed by atoms with Crippen molar-refractivity contribution in [1.29, 1.82) is 0 Å². The molecule has 198 valence electrons. The third-order valence-electron chi connectivity index (χ3n) is 6.01. The molecule has 1 amide bonds. The van der Waals surface area contributed by atoms with E-state index in [0.717, 1.165) is 29.7 Å². The average Bonchev–Trinajstić information content (AvgIpc) is 3.34. The van der Waals surface area contributed by atoms with Gasteiger partial charge in [0.25, 0.3) is 0 Å². The highest BCUT2D eigenvalue weighted by Gasteiger charge is 2.18. The molecule has 4 aromatic rings. The van der Waals surface area contributed by atoms with Crippen LogP contribution in [0.5, 0.6) is 5.75 Å². The van der Waals surface area contributed by atoms with Gasteiger partial charge in [-0.1, -0.05) is 6.58 Å². The molecule has 0 radical (unpaired) electrons. The number of carbonyl (C=O) groups excluding carboxylic acids is 1. The van der Waals surface area contributed by atoms with E-state index >= 15 is 0 Å². The molecule has 4 rings (SSSR count). The first-order chi connectivity index (χ1) is 18.3. The van der Waals surface area contributed by atoms with Crippen LogP contribution in [0.15, 0.2) is 61.6 Å². The van der Waals surface area contributed by atoms with Gasteiger partial charge in [0.2, 0.25) is 11.9 Å². The van der Waals surface area contributed by atoms with Gasteiger partial charge in [0.1, 0.15) is 18.1 Å². The smallest absolute Gasteiger partial charge is 0.247 e. The molecule has 0 aliphatic heterocycles. The number of benzene rings is 1. The second-order valence-electron chi connectivity index (χ2n) is 8.91. The van der Waals surface area contributed by atoms with Gasteiger partial charge in [0.05, 0.1) is 29.9 Å². The minimum Gasteiger partial charge on any atom is -0.494 e. The molecule has 0 aliphatic carbocycles. The van der Waals surface area contributed by atoms with E-state index in [1.54, 1.807) is 36.3 Å². The summed E-state index contributed by atoms with van der Waals surface area (Å²) in [6.07, 6.45) is 6.40. The van der Waals surface area contributed by atoms with E-state index in [1.165, 1.54) is 6.08 Å². The summed E-state index contributed by atoms with van der Waals surface area (Å²) >= 11 is 0. The predicted octanol–water partition coefficient (Wildman–Crippen LogP) is 3.32. The molecule has 11 nitrogen and oxygen atoms in total. The molecule has 1 aromatic carbocycles. The van der Waals surface area contributed by atoms with Crippen LogP contribution in [0.4, 0.5) is 23.0 Å². The van der Waals surface area contributed by atoms with Crippen LogP contribution in [0.25, 0.3) is 22.3 Å². The van der Waals surface area contributed by atoms with Crippen molar-refractivity contribution < 1.29 is 14.6 Å². The lowest BCUT2D eigenvalue weighted by atomic mass is 10.1. The van der Waals surface area contributed by atoms with Gasteiger partial charge in [-0.2, -0.15) is 4.98 Å². The lowest BCUT2D eigenvalue weighted by Gasteiger charge is -2.26. The summed E-state index contributed by atoms with van der Waals surface area (Å²) in [7, 11) is 7.54. The fraction of sp³-hybridized carbons (Fsp3) is 0.259. The summed E-state index contributed by atoms with van der Waals surface area (Å²) < 4.78 is 7.33. The molecule has 0 atom stereocenters. The molecule has 3 aromatic heterocycles. The van der Waals surface area contributed by atoms with Crippen LogP contribution in [-0.4, -0.2) is 76.8 Å². The summed E-state index contributed by atoms with van der Waals surface area (Å²) in [4.78, 5) is 30.1. The highest BCUT2D eigenvalue weighted by Crippen LogP contribution is 2.38. The standard InChI is InChI=1S/C27H32N8O3/c1-6-24(37)29-20-14-21(23(38-5)15-22(20)34(4)13-12-33(2)3)30-27-31-25(18-8-7-10-28-16-18)19-9-11-35(17-36)26(19)32-27/h6-11,14-16,36H,1,12-13,17H2,2-5H3,(H,29,37)(H,30,31,32). The van der Waals surface area contributed by atoms with Crippen LogP contribution >= 0.6 is 0 Å². The maximum Gasteiger partial charge on any atom is 0.247 e. The first-order valence-electron chi connectivity index (χ1n) is 12.0. The van der Waals surface area contributed by atoms with Gasteiger partial charge in [-0.25, -0.2) is 4.98 Å². The Balaban J connectivity index is 1.81. The molecule has 0 saturated heterocycles. The lowest BCUT2D eigenvalue weighted by Crippen LogP contribution is -2.29. The highest BCUT2D eigenvalue weighted by molar-refractivity contribution is 6.02. The average molecular weight is 517 g/mol. The number of likely N-dealkylation sites (N-methyl/N-ethyl adjacent to an activating group) is 2. The number of aromatic nitrogens is 4. The Hall–Kier alpha value is -4.48. The molecule has 11 heteroatoms. The molecule has 3 N–H and O–H groups in total. The minimum absolute atomic E-state index is 0.235. The molecule has 0 aliphatic rings. The Morgan fingerprint density at radius 1 is 1.18 bits per heavy atom. The van der Waals surface area contributed by atoms with Crippen LogP contribution in [0.3, 0.4) is 0 Å². The number of aliphatic hydroxyl groups is 1. The second kappa shape index (κ2) is 11.7. The number of amides is 1. The van der Waals surface area contributed by atoms with Crippen molar-refractivity contribution in [2.45, 2.75) is 6.73 Å². The number of nitrogens with zero attached hydrogens (tertiary/aromatic N) is 6. The summed E-state index contributed by atoms with van der Waals surface area (Å²) in [5.41, 5.74) is 3.94. The molecule has 3 heterocycles. The van der Waals surface area contributed by atoms with Crippen LogP contribution in [0, 0.1) is 0 Å². The Kier molecular flexibility index (Phi) is 8.19.